The van der Waals surface area contributed by atoms with Crippen molar-refractivity contribution in [2.24, 2.45) is 0 Å². The molecule has 1 unspecified atom stereocenters. The first-order valence-electron chi connectivity index (χ1n) is 6.87. The minimum Gasteiger partial charge on any atom is -0.407 e. The van der Waals surface area contributed by atoms with E-state index < -0.39 is 0 Å². The molecule has 20 heavy (non-hydrogen) atoms. The fourth-order valence-corrected chi connectivity index (χ4v) is 1.94. The van der Waals surface area contributed by atoms with Gasteiger partial charge in [-0.15, -0.1) is 5.10 Å². The fraction of sp³-hybridized carbons (Fsp3) is 0.846. The standard InChI is InChI=1S/C13H24N4O3/c1-12(2,3)15-7-10-16-17-11(20-10)14-8-13(18-4)5-6-19-9-13/h15H,5-9H2,1-4H3,(H,14,17). The predicted octanol–water partition coefficient (Wildman–Crippen LogP) is 1.18. The number of hydrogen-bond donors (Lipinski definition) is 2. The molecule has 2 rings (SSSR count). The van der Waals surface area contributed by atoms with Crippen LogP contribution in [-0.2, 0) is 16.0 Å². The SMILES string of the molecule is COC1(CNc2nnc(CNC(C)(C)C)o2)CCOC1. The van der Waals surface area contributed by atoms with Gasteiger partial charge in [0, 0.05) is 25.7 Å². The van der Waals surface area contributed by atoms with Gasteiger partial charge in [0.2, 0.25) is 5.89 Å². The first-order valence-corrected chi connectivity index (χ1v) is 6.87. The van der Waals surface area contributed by atoms with Crippen LogP contribution in [-0.4, -0.2) is 48.2 Å². The number of ether oxygens (including phenoxy) is 2. The second-order valence-corrected chi connectivity index (χ2v) is 6.15. The molecule has 2 heterocycles. The van der Waals surface area contributed by atoms with Crippen molar-refractivity contribution in [2.45, 2.75) is 44.9 Å². The van der Waals surface area contributed by atoms with Gasteiger partial charge in [0.15, 0.2) is 0 Å². The lowest BCUT2D eigenvalue weighted by atomic mass is 10.0. The van der Waals surface area contributed by atoms with Crippen LogP contribution in [0.2, 0.25) is 0 Å². The van der Waals surface area contributed by atoms with E-state index >= 15 is 0 Å². The highest BCUT2D eigenvalue weighted by atomic mass is 16.5. The summed E-state index contributed by atoms with van der Waals surface area (Å²) in [5.41, 5.74) is -0.276. The Morgan fingerprint density at radius 2 is 2.15 bits per heavy atom. The van der Waals surface area contributed by atoms with Crippen molar-refractivity contribution in [2.75, 3.05) is 32.2 Å². The lowest BCUT2D eigenvalue weighted by Gasteiger charge is -2.25. The summed E-state index contributed by atoms with van der Waals surface area (Å²) in [6.07, 6.45) is 0.864. The number of nitrogens with zero attached hydrogens (tertiary/aromatic N) is 2. The third-order valence-corrected chi connectivity index (χ3v) is 3.30. The maximum Gasteiger partial charge on any atom is 0.315 e. The molecule has 0 bridgehead atoms. The van der Waals surface area contributed by atoms with Crippen LogP contribution in [0.1, 0.15) is 33.1 Å². The number of methoxy groups -OCH3 is 1. The zero-order chi connectivity index (χ0) is 14.6. The van der Waals surface area contributed by atoms with Crippen molar-refractivity contribution in [3.63, 3.8) is 0 Å². The van der Waals surface area contributed by atoms with Gasteiger partial charge in [-0.25, -0.2) is 0 Å². The van der Waals surface area contributed by atoms with Gasteiger partial charge in [0.05, 0.1) is 19.7 Å². The third-order valence-electron chi connectivity index (χ3n) is 3.30. The number of anilines is 1. The topological polar surface area (TPSA) is 81.4 Å². The summed E-state index contributed by atoms with van der Waals surface area (Å²) in [5.74, 6) is 0.566. The number of nitrogens with one attached hydrogen (secondary N) is 2. The highest BCUT2D eigenvalue weighted by Gasteiger charge is 2.35. The van der Waals surface area contributed by atoms with Crippen LogP contribution in [0, 0.1) is 0 Å². The van der Waals surface area contributed by atoms with E-state index in [9.17, 15) is 0 Å². The molecule has 114 valence electrons. The van der Waals surface area contributed by atoms with Crippen LogP contribution in [0.5, 0.6) is 0 Å². The summed E-state index contributed by atoms with van der Waals surface area (Å²) in [6.45, 7) is 8.72. The second-order valence-electron chi connectivity index (χ2n) is 6.15. The summed E-state index contributed by atoms with van der Waals surface area (Å²) >= 11 is 0. The summed E-state index contributed by atoms with van der Waals surface area (Å²) in [7, 11) is 1.70. The van der Waals surface area contributed by atoms with Gasteiger partial charge in [-0.3, -0.25) is 0 Å². The van der Waals surface area contributed by atoms with Crippen LogP contribution < -0.4 is 10.6 Å². The highest BCUT2D eigenvalue weighted by molar-refractivity contribution is 5.19. The van der Waals surface area contributed by atoms with Gasteiger partial charge in [-0.2, -0.15) is 0 Å². The minimum absolute atomic E-state index is 0.0172. The number of rotatable bonds is 6. The van der Waals surface area contributed by atoms with E-state index in [0.717, 1.165) is 13.0 Å². The lowest BCUT2D eigenvalue weighted by molar-refractivity contribution is -0.00654. The van der Waals surface area contributed by atoms with Gasteiger partial charge in [-0.05, 0) is 20.8 Å². The molecule has 0 aromatic carbocycles. The van der Waals surface area contributed by atoms with Gasteiger partial charge >= 0.3 is 6.01 Å². The third kappa shape index (κ3) is 4.16. The molecule has 1 atom stereocenters. The Kier molecular flexibility index (Phi) is 4.62. The maximum absolute atomic E-state index is 5.54. The largest absolute Gasteiger partial charge is 0.407 e. The minimum atomic E-state index is -0.293. The monoisotopic (exact) mass is 284 g/mol. The molecule has 0 spiro atoms. The molecule has 1 aliphatic heterocycles. The summed E-state index contributed by atoms with van der Waals surface area (Å²) in [5, 5.41) is 14.4. The van der Waals surface area contributed by atoms with Crippen LogP contribution in [0.4, 0.5) is 6.01 Å². The summed E-state index contributed by atoms with van der Waals surface area (Å²) < 4.78 is 16.4. The first-order chi connectivity index (χ1) is 9.42. The molecule has 0 radical (unpaired) electrons. The van der Waals surface area contributed by atoms with Crippen molar-refractivity contribution in [1.82, 2.24) is 15.5 Å². The van der Waals surface area contributed by atoms with Gasteiger partial charge in [-0.1, -0.05) is 5.10 Å². The first kappa shape index (κ1) is 15.2. The Balaban J connectivity index is 1.83. The predicted molar refractivity (Wildman–Crippen MR) is 74.6 cm³/mol. The average molecular weight is 284 g/mol. The molecule has 7 heteroatoms. The van der Waals surface area contributed by atoms with E-state index in [0.29, 0.717) is 31.6 Å². The van der Waals surface area contributed by atoms with Crippen LogP contribution in [0.15, 0.2) is 4.42 Å². The Bertz CT molecular complexity index is 421. The molecule has 1 aromatic heterocycles. The highest BCUT2D eigenvalue weighted by Crippen LogP contribution is 2.23. The van der Waals surface area contributed by atoms with Crippen molar-refractivity contribution < 1.29 is 13.9 Å². The molecule has 0 aliphatic carbocycles. The Morgan fingerprint density at radius 3 is 2.75 bits per heavy atom. The maximum atomic E-state index is 5.54. The molecule has 0 amide bonds. The van der Waals surface area contributed by atoms with E-state index in [2.05, 4.69) is 41.6 Å². The number of hydrogen-bond acceptors (Lipinski definition) is 7. The van der Waals surface area contributed by atoms with E-state index in [1.807, 2.05) is 0 Å². The van der Waals surface area contributed by atoms with Crippen LogP contribution in [0.25, 0.3) is 0 Å². The second kappa shape index (κ2) is 6.07. The number of aromatic nitrogens is 2. The quantitative estimate of drug-likeness (QED) is 0.811. The van der Waals surface area contributed by atoms with Crippen molar-refractivity contribution in [3.05, 3.63) is 5.89 Å². The van der Waals surface area contributed by atoms with Crippen LogP contribution >= 0.6 is 0 Å². The van der Waals surface area contributed by atoms with Gasteiger partial charge in [0.1, 0.15) is 5.60 Å². The molecule has 1 fully saturated rings. The van der Waals surface area contributed by atoms with Crippen molar-refractivity contribution in [1.29, 1.82) is 0 Å². The van der Waals surface area contributed by atoms with Crippen LogP contribution in [0.3, 0.4) is 0 Å². The van der Waals surface area contributed by atoms with Gasteiger partial charge < -0.3 is 24.5 Å². The molecule has 2 N–H and O–H groups in total. The zero-order valence-electron chi connectivity index (χ0n) is 12.7. The lowest BCUT2D eigenvalue weighted by Crippen LogP contribution is -2.39. The average Bonchev–Trinajstić information content (AvgIpc) is 3.03. The normalized spacial score (nSPS) is 23.2. The summed E-state index contributed by atoms with van der Waals surface area (Å²) in [6, 6.07) is 0.416. The summed E-state index contributed by atoms with van der Waals surface area (Å²) in [4.78, 5) is 0. The smallest absolute Gasteiger partial charge is 0.315 e. The molecule has 7 nitrogen and oxygen atoms in total. The molecule has 0 saturated carbocycles. The van der Waals surface area contributed by atoms with Crippen molar-refractivity contribution >= 4 is 6.01 Å². The van der Waals surface area contributed by atoms with E-state index in [4.69, 9.17) is 13.9 Å². The van der Waals surface area contributed by atoms with E-state index in [1.165, 1.54) is 0 Å². The van der Waals surface area contributed by atoms with Gasteiger partial charge in [0.25, 0.3) is 0 Å². The fourth-order valence-electron chi connectivity index (χ4n) is 1.94. The Morgan fingerprint density at radius 1 is 1.35 bits per heavy atom. The Labute approximate surface area is 119 Å². The molecule has 1 aliphatic rings. The van der Waals surface area contributed by atoms with Crippen molar-refractivity contribution in [3.8, 4) is 0 Å². The molecular weight excluding hydrogens is 260 g/mol. The van der Waals surface area contributed by atoms with E-state index in [-0.39, 0.29) is 11.1 Å². The van der Waals surface area contributed by atoms with E-state index in [1.54, 1.807) is 7.11 Å². The molecular formula is C13H24N4O3. The Hall–Kier alpha value is -1.18. The molecule has 1 aromatic rings. The zero-order valence-corrected chi connectivity index (χ0v) is 12.7. The molecule has 1 saturated heterocycles.